The molecule has 0 atom stereocenters. The van der Waals surface area contributed by atoms with Crippen LogP contribution >= 0.6 is 0 Å². The third-order valence-corrected chi connectivity index (χ3v) is 4.25. The standard InChI is InChI=1S/C19H24F3N3O/c1-3-9-25(10-4-2)18(26)14-23-16-13-15(19(20,21)22)7-8-17(16)24-11-5-6-12-24/h3-4,7-8,13,23H,1-2,5-6,9-12,14H2. The number of halogens is 3. The Morgan fingerprint density at radius 1 is 1.19 bits per heavy atom. The Labute approximate surface area is 152 Å². The molecule has 1 fully saturated rings. The number of nitrogens with one attached hydrogen (secondary N) is 1. The van der Waals surface area contributed by atoms with E-state index in [0.717, 1.165) is 38.1 Å². The zero-order chi connectivity index (χ0) is 19.2. The van der Waals surface area contributed by atoms with Crippen molar-refractivity contribution in [2.75, 3.05) is 42.9 Å². The Bertz CT molecular complexity index is 642. The van der Waals surface area contributed by atoms with Crippen LogP contribution in [0.3, 0.4) is 0 Å². The van der Waals surface area contributed by atoms with Crippen molar-refractivity contribution in [3.8, 4) is 0 Å². The molecule has 0 unspecified atom stereocenters. The number of benzene rings is 1. The fraction of sp³-hybridized carbons (Fsp3) is 0.421. The molecule has 7 heteroatoms. The number of amides is 1. The second-order valence-corrected chi connectivity index (χ2v) is 6.15. The molecule has 4 nitrogen and oxygen atoms in total. The molecule has 1 amide bonds. The van der Waals surface area contributed by atoms with Crippen molar-refractivity contribution in [2.24, 2.45) is 0 Å². The van der Waals surface area contributed by atoms with Crippen LogP contribution in [-0.2, 0) is 11.0 Å². The Kier molecular flexibility index (Phi) is 6.71. The minimum Gasteiger partial charge on any atom is -0.374 e. The van der Waals surface area contributed by atoms with Crippen molar-refractivity contribution < 1.29 is 18.0 Å². The summed E-state index contributed by atoms with van der Waals surface area (Å²) in [5.41, 5.74) is 0.291. The van der Waals surface area contributed by atoms with Gasteiger partial charge in [-0.1, -0.05) is 12.2 Å². The van der Waals surface area contributed by atoms with E-state index in [4.69, 9.17) is 0 Å². The summed E-state index contributed by atoms with van der Waals surface area (Å²) < 4.78 is 39.2. The Morgan fingerprint density at radius 2 is 1.81 bits per heavy atom. The molecule has 1 N–H and O–H groups in total. The van der Waals surface area contributed by atoms with E-state index in [1.807, 2.05) is 4.90 Å². The summed E-state index contributed by atoms with van der Waals surface area (Å²) in [6, 6.07) is 3.64. The van der Waals surface area contributed by atoms with Crippen LogP contribution in [0.25, 0.3) is 0 Å². The predicted octanol–water partition coefficient (Wildman–Crippen LogP) is 3.92. The highest BCUT2D eigenvalue weighted by Gasteiger charge is 2.31. The number of rotatable bonds is 8. The summed E-state index contributed by atoms with van der Waals surface area (Å²) in [6.07, 6.45) is 0.780. The Balaban J connectivity index is 2.20. The molecule has 1 aliphatic heterocycles. The first kappa shape index (κ1) is 19.9. The van der Waals surface area contributed by atoms with E-state index >= 15 is 0 Å². The number of hydrogen-bond acceptors (Lipinski definition) is 3. The number of hydrogen-bond donors (Lipinski definition) is 1. The van der Waals surface area contributed by atoms with Crippen molar-refractivity contribution >= 4 is 17.3 Å². The zero-order valence-electron chi connectivity index (χ0n) is 14.7. The lowest BCUT2D eigenvalue weighted by Gasteiger charge is -2.24. The summed E-state index contributed by atoms with van der Waals surface area (Å²) in [5, 5.41) is 2.90. The molecule has 142 valence electrons. The van der Waals surface area contributed by atoms with Crippen LogP contribution in [0.15, 0.2) is 43.5 Å². The summed E-state index contributed by atoms with van der Waals surface area (Å²) in [6.45, 7) is 9.43. The fourth-order valence-electron chi connectivity index (χ4n) is 2.96. The Morgan fingerprint density at radius 3 is 2.35 bits per heavy atom. The fourth-order valence-corrected chi connectivity index (χ4v) is 2.96. The van der Waals surface area contributed by atoms with Crippen LogP contribution in [0, 0.1) is 0 Å². The summed E-state index contributed by atoms with van der Waals surface area (Å²) in [7, 11) is 0. The van der Waals surface area contributed by atoms with E-state index in [-0.39, 0.29) is 12.5 Å². The van der Waals surface area contributed by atoms with E-state index in [2.05, 4.69) is 18.5 Å². The molecule has 26 heavy (non-hydrogen) atoms. The molecule has 0 radical (unpaired) electrons. The van der Waals surface area contributed by atoms with Crippen molar-refractivity contribution in [1.82, 2.24) is 4.90 Å². The first-order chi connectivity index (χ1) is 12.4. The van der Waals surface area contributed by atoms with Gasteiger partial charge in [0.1, 0.15) is 0 Å². The molecule has 0 saturated carbocycles. The lowest BCUT2D eigenvalue weighted by molar-refractivity contribution is -0.137. The molecule has 1 aliphatic rings. The van der Waals surface area contributed by atoms with Gasteiger partial charge in [0, 0.05) is 26.2 Å². The van der Waals surface area contributed by atoms with Crippen LogP contribution < -0.4 is 10.2 Å². The van der Waals surface area contributed by atoms with Crippen LogP contribution in [-0.4, -0.2) is 43.5 Å². The van der Waals surface area contributed by atoms with Crippen LogP contribution in [0.4, 0.5) is 24.5 Å². The number of nitrogens with zero attached hydrogens (tertiary/aromatic N) is 2. The van der Waals surface area contributed by atoms with E-state index in [1.54, 1.807) is 12.2 Å². The van der Waals surface area contributed by atoms with Gasteiger partial charge in [-0.2, -0.15) is 13.2 Å². The lowest BCUT2D eigenvalue weighted by Crippen LogP contribution is -2.36. The second kappa shape index (κ2) is 8.78. The number of carbonyl (C=O) groups is 1. The van der Waals surface area contributed by atoms with Crippen molar-refractivity contribution in [3.05, 3.63) is 49.1 Å². The topological polar surface area (TPSA) is 35.6 Å². The van der Waals surface area contributed by atoms with Gasteiger partial charge < -0.3 is 15.1 Å². The monoisotopic (exact) mass is 367 g/mol. The summed E-state index contributed by atoms with van der Waals surface area (Å²) in [5.74, 6) is -0.227. The summed E-state index contributed by atoms with van der Waals surface area (Å²) in [4.78, 5) is 15.9. The summed E-state index contributed by atoms with van der Waals surface area (Å²) >= 11 is 0. The average molecular weight is 367 g/mol. The lowest BCUT2D eigenvalue weighted by atomic mass is 10.1. The second-order valence-electron chi connectivity index (χ2n) is 6.15. The molecule has 0 bridgehead atoms. The predicted molar refractivity (Wildman–Crippen MR) is 98.4 cm³/mol. The molecular formula is C19H24F3N3O. The highest BCUT2D eigenvalue weighted by Crippen LogP contribution is 2.36. The van der Waals surface area contributed by atoms with Gasteiger partial charge in [-0.3, -0.25) is 4.79 Å². The third kappa shape index (κ3) is 5.03. The maximum atomic E-state index is 13.1. The number of carbonyl (C=O) groups excluding carboxylic acids is 1. The van der Waals surface area contributed by atoms with Gasteiger partial charge in [-0.15, -0.1) is 13.2 Å². The van der Waals surface area contributed by atoms with Gasteiger partial charge in [-0.25, -0.2) is 0 Å². The highest BCUT2D eigenvalue weighted by molar-refractivity contribution is 5.83. The zero-order valence-corrected chi connectivity index (χ0v) is 14.7. The van der Waals surface area contributed by atoms with Crippen molar-refractivity contribution in [2.45, 2.75) is 19.0 Å². The molecular weight excluding hydrogens is 343 g/mol. The third-order valence-electron chi connectivity index (χ3n) is 4.25. The van der Waals surface area contributed by atoms with Crippen LogP contribution in [0.5, 0.6) is 0 Å². The maximum absolute atomic E-state index is 13.1. The molecule has 1 heterocycles. The Hall–Kier alpha value is -2.44. The maximum Gasteiger partial charge on any atom is 0.416 e. The van der Waals surface area contributed by atoms with Crippen LogP contribution in [0.2, 0.25) is 0 Å². The molecule has 1 saturated heterocycles. The van der Waals surface area contributed by atoms with Crippen LogP contribution in [0.1, 0.15) is 18.4 Å². The average Bonchev–Trinajstić information content (AvgIpc) is 3.13. The van der Waals surface area contributed by atoms with E-state index in [1.165, 1.54) is 11.0 Å². The van der Waals surface area contributed by atoms with E-state index in [9.17, 15) is 18.0 Å². The molecule has 0 aliphatic carbocycles. The van der Waals surface area contributed by atoms with E-state index in [0.29, 0.717) is 24.5 Å². The molecule has 0 aromatic heterocycles. The molecule has 1 aromatic carbocycles. The largest absolute Gasteiger partial charge is 0.416 e. The van der Waals surface area contributed by atoms with Gasteiger partial charge in [0.05, 0.1) is 23.5 Å². The van der Waals surface area contributed by atoms with Gasteiger partial charge in [-0.05, 0) is 31.0 Å². The molecule has 0 spiro atoms. The van der Waals surface area contributed by atoms with Gasteiger partial charge in [0.25, 0.3) is 0 Å². The minimum absolute atomic E-state index is 0.0934. The normalized spacial score (nSPS) is 14.2. The van der Waals surface area contributed by atoms with Gasteiger partial charge in [0.15, 0.2) is 0 Å². The van der Waals surface area contributed by atoms with E-state index < -0.39 is 11.7 Å². The minimum atomic E-state index is -4.43. The number of alkyl halides is 3. The van der Waals surface area contributed by atoms with Crippen molar-refractivity contribution in [1.29, 1.82) is 0 Å². The quantitative estimate of drug-likeness (QED) is 0.708. The first-order valence-corrected chi connectivity index (χ1v) is 8.56. The smallest absolute Gasteiger partial charge is 0.374 e. The first-order valence-electron chi connectivity index (χ1n) is 8.56. The molecule has 2 rings (SSSR count). The SMILES string of the molecule is C=CCN(CC=C)C(=O)CNc1cc(C(F)(F)F)ccc1N1CCCC1. The number of anilines is 2. The van der Waals surface area contributed by atoms with Gasteiger partial charge in [0.2, 0.25) is 5.91 Å². The molecule has 1 aromatic rings. The van der Waals surface area contributed by atoms with Crippen molar-refractivity contribution in [3.63, 3.8) is 0 Å². The highest BCUT2D eigenvalue weighted by atomic mass is 19.4. The van der Waals surface area contributed by atoms with Gasteiger partial charge >= 0.3 is 6.18 Å².